The van der Waals surface area contributed by atoms with Crippen LogP contribution in [0.3, 0.4) is 0 Å². The second-order valence-electron chi connectivity index (χ2n) is 6.36. The number of rotatable bonds is 3. The molecule has 2 saturated heterocycles. The van der Waals surface area contributed by atoms with Crippen molar-refractivity contribution in [3.63, 3.8) is 0 Å². The number of hydrogen-bond donors (Lipinski definition) is 0. The van der Waals surface area contributed by atoms with Gasteiger partial charge in [-0.3, -0.25) is 0 Å². The molecule has 2 aliphatic heterocycles. The summed E-state index contributed by atoms with van der Waals surface area (Å²) < 4.78 is 0. The molecule has 0 N–H and O–H groups in total. The van der Waals surface area contributed by atoms with Gasteiger partial charge in [0, 0.05) is 31.4 Å². The first kappa shape index (κ1) is 13.0. The van der Waals surface area contributed by atoms with E-state index in [1.165, 1.54) is 51.1 Å². The van der Waals surface area contributed by atoms with Crippen LogP contribution in [0.25, 0.3) is 0 Å². The van der Waals surface area contributed by atoms with Gasteiger partial charge < -0.3 is 9.80 Å². The predicted octanol–water partition coefficient (Wildman–Crippen LogP) is 3.48. The Balaban J connectivity index is 1.73. The highest BCUT2D eigenvalue weighted by Crippen LogP contribution is 2.31. The summed E-state index contributed by atoms with van der Waals surface area (Å²) in [5, 5.41) is 0. The minimum atomic E-state index is 0.687. The van der Waals surface area contributed by atoms with Gasteiger partial charge in [-0.2, -0.15) is 0 Å². The lowest BCUT2D eigenvalue weighted by Gasteiger charge is -2.22. The minimum Gasteiger partial charge on any atom is -0.372 e. The molecule has 1 aromatic rings. The average Bonchev–Trinajstić information content (AvgIpc) is 3.10. The summed E-state index contributed by atoms with van der Waals surface area (Å²) in [4.78, 5) is 5.14. The number of likely N-dealkylation sites (tertiary alicyclic amines) is 1. The van der Waals surface area contributed by atoms with E-state index in [4.69, 9.17) is 0 Å². The maximum atomic E-state index is 2.60. The number of nitrogens with zero attached hydrogens (tertiary/aromatic N) is 2. The summed E-state index contributed by atoms with van der Waals surface area (Å²) in [7, 11) is 0. The fourth-order valence-corrected chi connectivity index (χ4v) is 3.48. The highest BCUT2D eigenvalue weighted by molar-refractivity contribution is 5.50. The normalized spacial score (nSPS) is 24.6. The van der Waals surface area contributed by atoms with Gasteiger partial charge in [-0.1, -0.05) is 12.1 Å². The van der Waals surface area contributed by atoms with Crippen molar-refractivity contribution in [2.24, 2.45) is 0 Å². The van der Waals surface area contributed by atoms with E-state index in [2.05, 4.69) is 47.9 Å². The highest BCUT2D eigenvalue weighted by atomic mass is 15.2. The largest absolute Gasteiger partial charge is 0.372 e. The van der Waals surface area contributed by atoms with Crippen LogP contribution in [0.4, 0.5) is 5.69 Å². The maximum absolute atomic E-state index is 2.60. The third-order valence-electron chi connectivity index (χ3n) is 4.76. The number of benzene rings is 1. The molecule has 0 bridgehead atoms. The zero-order valence-corrected chi connectivity index (χ0v) is 12.3. The monoisotopic (exact) mass is 258 g/mol. The third kappa shape index (κ3) is 2.79. The first-order valence-corrected chi connectivity index (χ1v) is 7.83. The Morgan fingerprint density at radius 3 is 2.58 bits per heavy atom. The van der Waals surface area contributed by atoms with E-state index in [1.54, 1.807) is 5.56 Å². The van der Waals surface area contributed by atoms with Crippen LogP contribution in [0.5, 0.6) is 0 Å². The van der Waals surface area contributed by atoms with E-state index in [-0.39, 0.29) is 0 Å². The van der Waals surface area contributed by atoms with E-state index in [0.29, 0.717) is 6.04 Å². The van der Waals surface area contributed by atoms with Gasteiger partial charge in [0.1, 0.15) is 0 Å². The third-order valence-corrected chi connectivity index (χ3v) is 4.76. The van der Waals surface area contributed by atoms with Gasteiger partial charge in [0.05, 0.1) is 0 Å². The molecule has 0 amide bonds. The SMILES string of the molecule is CC(C)N1CC[C@H](c2cccc(N3CCCC3)c2)C1. The van der Waals surface area contributed by atoms with Crippen LogP contribution >= 0.6 is 0 Å². The number of anilines is 1. The molecular formula is C17H26N2. The van der Waals surface area contributed by atoms with Crippen LogP contribution in [-0.4, -0.2) is 37.1 Å². The van der Waals surface area contributed by atoms with Crippen LogP contribution < -0.4 is 4.90 Å². The van der Waals surface area contributed by atoms with Crippen molar-refractivity contribution in [3.8, 4) is 0 Å². The topological polar surface area (TPSA) is 6.48 Å². The van der Waals surface area contributed by atoms with Gasteiger partial charge in [0.2, 0.25) is 0 Å². The molecule has 2 nitrogen and oxygen atoms in total. The Morgan fingerprint density at radius 2 is 1.89 bits per heavy atom. The summed E-state index contributed by atoms with van der Waals surface area (Å²) in [6.07, 6.45) is 4.03. The molecular weight excluding hydrogens is 232 g/mol. The summed E-state index contributed by atoms with van der Waals surface area (Å²) >= 11 is 0. The number of hydrogen-bond acceptors (Lipinski definition) is 2. The molecule has 2 fully saturated rings. The van der Waals surface area contributed by atoms with Gasteiger partial charge >= 0.3 is 0 Å². The molecule has 2 aliphatic rings. The van der Waals surface area contributed by atoms with Crippen LogP contribution in [-0.2, 0) is 0 Å². The molecule has 0 aromatic heterocycles. The van der Waals surface area contributed by atoms with Gasteiger partial charge in [-0.15, -0.1) is 0 Å². The Morgan fingerprint density at radius 1 is 1.11 bits per heavy atom. The van der Waals surface area contributed by atoms with Crippen LogP contribution in [0.1, 0.15) is 44.6 Å². The Labute approximate surface area is 117 Å². The molecule has 2 heteroatoms. The Kier molecular flexibility index (Phi) is 3.79. The van der Waals surface area contributed by atoms with Crippen LogP contribution in [0.2, 0.25) is 0 Å². The van der Waals surface area contributed by atoms with Crippen molar-refractivity contribution in [1.82, 2.24) is 4.90 Å². The van der Waals surface area contributed by atoms with Gasteiger partial charge in [-0.25, -0.2) is 0 Å². The molecule has 0 spiro atoms. The molecule has 3 rings (SSSR count). The molecule has 104 valence electrons. The lowest BCUT2D eigenvalue weighted by molar-refractivity contribution is 0.272. The average molecular weight is 258 g/mol. The van der Waals surface area contributed by atoms with E-state index in [0.717, 1.165) is 5.92 Å². The molecule has 0 unspecified atom stereocenters. The standard InChI is InChI=1S/C17H26N2/c1-14(2)19-11-8-16(13-19)15-6-5-7-17(12-15)18-9-3-4-10-18/h5-7,12,14,16H,3-4,8-11,13H2,1-2H3/t16-/m0/s1. The Bertz CT molecular complexity index is 421. The zero-order chi connectivity index (χ0) is 13.2. The predicted molar refractivity (Wildman–Crippen MR) is 82.0 cm³/mol. The van der Waals surface area contributed by atoms with E-state index < -0.39 is 0 Å². The molecule has 19 heavy (non-hydrogen) atoms. The minimum absolute atomic E-state index is 0.687. The summed E-state index contributed by atoms with van der Waals surface area (Å²) in [5.74, 6) is 0.741. The van der Waals surface area contributed by atoms with Crippen LogP contribution in [0.15, 0.2) is 24.3 Å². The second-order valence-corrected chi connectivity index (χ2v) is 6.36. The zero-order valence-electron chi connectivity index (χ0n) is 12.3. The fourth-order valence-electron chi connectivity index (χ4n) is 3.48. The van der Waals surface area contributed by atoms with Crippen molar-refractivity contribution in [2.75, 3.05) is 31.1 Å². The summed E-state index contributed by atoms with van der Waals surface area (Å²) in [6, 6.07) is 9.99. The van der Waals surface area contributed by atoms with Crippen molar-refractivity contribution < 1.29 is 0 Å². The van der Waals surface area contributed by atoms with E-state index in [9.17, 15) is 0 Å². The molecule has 1 atom stereocenters. The lowest BCUT2D eigenvalue weighted by Crippen LogP contribution is -2.27. The van der Waals surface area contributed by atoms with E-state index in [1.807, 2.05) is 0 Å². The molecule has 0 aliphatic carbocycles. The van der Waals surface area contributed by atoms with Crippen molar-refractivity contribution in [3.05, 3.63) is 29.8 Å². The highest BCUT2D eigenvalue weighted by Gasteiger charge is 2.25. The van der Waals surface area contributed by atoms with Crippen molar-refractivity contribution in [1.29, 1.82) is 0 Å². The molecule has 0 radical (unpaired) electrons. The van der Waals surface area contributed by atoms with Crippen molar-refractivity contribution in [2.45, 2.75) is 45.1 Å². The summed E-state index contributed by atoms with van der Waals surface area (Å²) in [5.41, 5.74) is 2.99. The van der Waals surface area contributed by atoms with Gasteiger partial charge in [0.25, 0.3) is 0 Å². The quantitative estimate of drug-likeness (QED) is 0.819. The Hall–Kier alpha value is -1.02. The van der Waals surface area contributed by atoms with Crippen LogP contribution in [0, 0.1) is 0 Å². The smallest absolute Gasteiger partial charge is 0.0369 e. The van der Waals surface area contributed by atoms with Gasteiger partial charge in [0.15, 0.2) is 0 Å². The van der Waals surface area contributed by atoms with E-state index >= 15 is 0 Å². The molecule has 0 saturated carbocycles. The molecule has 1 aromatic carbocycles. The first-order valence-electron chi connectivity index (χ1n) is 7.83. The molecule has 2 heterocycles. The lowest BCUT2D eigenvalue weighted by atomic mass is 9.98. The fraction of sp³-hybridized carbons (Fsp3) is 0.647. The second kappa shape index (κ2) is 5.54. The maximum Gasteiger partial charge on any atom is 0.0369 e. The van der Waals surface area contributed by atoms with Gasteiger partial charge in [-0.05, 0) is 63.3 Å². The first-order chi connectivity index (χ1) is 9.24. The summed E-state index contributed by atoms with van der Waals surface area (Å²) in [6.45, 7) is 9.60. The van der Waals surface area contributed by atoms with Crippen molar-refractivity contribution >= 4 is 5.69 Å².